The third kappa shape index (κ3) is 12.1. The zero-order chi connectivity index (χ0) is 24.7. The van der Waals surface area contributed by atoms with Crippen LogP contribution in [0, 0.1) is 0 Å². The van der Waals surface area contributed by atoms with E-state index in [1.54, 1.807) is 0 Å². The van der Waals surface area contributed by atoms with Gasteiger partial charge in [-0.2, -0.15) is 24.4 Å². The normalized spacial score (nSPS) is 14.5. The van der Waals surface area contributed by atoms with Crippen molar-refractivity contribution < 1.29 is 29.1 Å². The van der Waals surface area contributed by atoms with Crippen LogP contribution < -0.4 is 33.2 Å². The van der Waals surface area contributed by atoms with Gasteiger partial charge in [-0.05, 0) is 44.2 Å². The predicted molar refractivity (Wildman–Crippen MR) is 125 cm³/mol. The lowest BCUT2D eigenvalue weighted by molar-refractivity contribution is -0.142. The molecule has 12 nitrogen and oxygen atoms in total. The summed E-state index contributed by atoms with van der Waals surface area (Å²) in [6.07, 6.45) is 2.67. The summed E-state index contributed by atoms with van der Waals surface area (Å²) >= 11 is 5.39. The van der Waals surface area contributed by atoms with Crippen LogP contribution in [0.2, 0.25) is 0 Å². The van der Waals surface area contributed by atoms with Crippen molar-refractivity contribution in [2.45, 2.75) is 56.3 Å². The van der Waals surface area contributed by atoms with Crippen molar-refractivity contribution >= 4 is 54.0 Å². The molecule has 14 heteroatoms. The summed E-state index contributed by atoms with van der Waals surface area (Å²) < 4.78 is 0. The number of aliphatic carboxylic acids is 1. The van der Waals surface area contributed by atoms with Gasteiger partial charge in [0.05, 0.1) is 12.5 Å². The van der Waals surface area contributed by atoms with Crippen molar-refractivity contribution in [1.29, 1.82) is 0 Å². The summed E-state index contributed by atoms with van der Waals surface area (Å²) in [4.78, 5) is 60.4. The molecule has 0 spiro atoms. The van der Waals surface area contributed by atoms with E-state index in [2.05, 4.69) is 28.6 Å². The van der Waals surface area contributed by atoms with Gasteiger partial charge >= 0.3 is 5.97 Å². The lowest BCUT2D eigenvalue weighted by Crippen LogP contribution is -2.58. The Morgan fingerprint density at radius 1 is 0.938 bits per heavy atom. The molecular weight excluding hydrogens is 460 g/mol. The number of carboxylic acid groups (broad SMARTS) is 1. The number of nitrogens with two attached hydrogens (primary N) is 3. The van der Waals surface area contributed by atoms with Crippen LogP contribution in [0.4, 0.5) is 0 Å². The number of carbonyl (C=O) groups excluding carboxylic acids is 4. The van der Waals surface area contributed by atoms with E-state index in [4.69, 9.17) is 17.2 Å². The number of hydrogen-bond donors (Lipinski definition) is 8. The van der Waals surface area contributed by atoms with Crippen molar-refractivity contribution in [2.24, 2.45) is 17.2 Å². The summed E-state index contributed by atoms with van der Waals surface area (Å²) in [7, 11) is 0. The van der Waals surface area contributed by atoms with Gasteiger partial charge < -0.3 is 38.3 Å². The number of carbonyl (C=O) groups is 5. The van der Waals surface area contributed by atoms with Gasteiger partial charge in [0.15, 0.2) is 0 Å². The number of primary amides is 1. The lowest BCUT2D eigenvalue weighted by Gasteiger charge is -2.24. The minimum Gasteiger partial charge on any atom is -0.480 e. The maximum atomic E-state index is 12.8. The van der Waals surface area contributed by atoms with E-state index in [1.165, 1.54) is 11.8 Å². The van der Waals surface area contributed by atoms with Crippen LogP contribution in [-0.4, -0.2) is 83.2 Å². The molecule has 10 N–H and O–H groups in total. The summed E-state index contributed by atoms with van der Waals surface area (Å²) in [5, 5.41) is 16.5. The number of hydrogen-bond acceptors (Lipinski definition) is 9. The number of unbranched alkanes of at least 4 members (excludes halogenated alkanes) is 1. The zero-order valence-electron chi connectivity index (χ0n) is 18.0. The van der Waals surface area contributed by atoms with Crippen LogP contribution in [-0.2, 0) is 24.0 Å². The number of nitrogens with one attached hydrogen (secondary N) is 3. The topological polar surface area (TPSA) is 220 Å². The van der Waals surface area contributed by atoms with E-state index in [0.29, 0.717) is 25.1 Å². The second kappa shape index (κ2) is 16.6. The van der Waals surface area contributed by atoms with Crippen LogP contribution in [0.25, 0.3) is 0 Å². The molecule has 0 aliphatic heterocycles. The molecule has 0 saturated heterocycles. The fraction of sp³-hybridized carbons (Fsp3) is 0.722. The fourth-order valence-electron chi connectivity index (χ4n) is 2.57. The van der Waals surface area contributed by atoms with E-state index in [9.17, 15) is 29.1 Å². The zero-order valence-corrected chi connectivity index (χ0v) is 19.8. The highest BCUT2D eigenvalue weighted by Crippen LogP contribution is 2.05. The molecule has 0 saturated carbocycles. The van der Waals surface area contributed by atoms with Crippen molar-refractivity contribution in [3.63, 3.8) is 0 Å². The number of carboxylic acids is 1. The fourth-order valence-corrected chi connectivity index (χ4v) is 3.21. The SMILES string of the molecule is CSCCC(NC(=O)C(N)CS)C(=O)NC(CC(N)=O)C(=O)NC(CCCCN)C(=O)O. The van der Waals surface area contributed by atoms with Gasteiger partial charge in [-0.3, -0.25) is 19.2 Å². The van der Waals surface area contributed by atoms with Gasteiger partial charge in [-0.15, -0.1) is 0 Å². The molecule has 0 aromatic heterocycles. The molecule has 0 radical (unpaired) electrons. The van der Waals surface area contributed by atoms with Gasteiger partial charge in [0.2, 0.25) is 23.6 Å². The Morgan fingerprint density at radius 3 is 2.00 bits per heavy atom. The second-order valence-electron chi connectivity index (χ2n) is 7.05. The van der Waals surface area contributed by atoms with Crippen molar-refractivity contribution in [1.82, 2.24) is 16.0 Å². The van der Waals surface area contributed by atoms with Crippen molar-refractivity contribution in [3.05, 3.63) is 0 Å². The highest BCUT2D eigenvalue weighted by Gasteiger charge is 2.30. The number of thiol groups is 1. The first-order chi connectivity index (χ1) is 15.1. The average molecular weight is 495 g/mol. The Morgan fingerprint density at radius 2 is 1.50 bits per heavy atom. The molecule has 0 aromatic carbocycles. The Kier molecular flexibility index (Phi) is 15.5. The summed E-state index contributed by atoms with van der Waals surface area (Å²) in [5.41, 5.74) is 16.2. The van der Waals surface area contributed by atoms with Crippen LogP contribution in [0.5, 0.6) is 0 Å². The Labute approximate surface area is 196 Å². The monoisotopic (exact) mass is 494 g/mol. The molecule has 4 amide bonds. The summed E-state index contributed by atoms with van der Waals surface area (Å²) in [6, 6.07) is -4.59. The third-order valence-corrected chi connectivity index (χ3v) is 5.41. The maximum absolute atomic E-state index is 12.8. The number of amides is 4. The molecule has 184 valence electrons. The van der Waals surface area contributed by atoms with E-state index in [1.807, 2.05) is 6.26 Å². The van der Waals surface area contributed by atoms with Gasteiger partial charge in [-0.25, -0.2) is 4.79 Å². The van der Waals surface area contributed by atoms with Crippen molar-refractivity contribution in [3.8, 4) is 0 Å². The predicted octanol–water partition coefficient (Wildman–Crippen LogP) is -2.46. The van der Waals surface area contributed by atoms with E-state index in [-0.39, 0.29) is 18.6 Å². The van der Waals surface area contributed by atoms with Gasteiger partial charge in [0.1, 0.15) is 18.1 Å². The highest BCUT2D eigenvalue weighted by atomic mass is 32.2. The maximum Gasteiger partial charge on any atom is 0.326 e. The van der Waals surface area contributed by atoms with Gasteiger partial charge in [0.25, 0.3) is 0 Å². The van der Waals surface area contributed by atoms with E-state index < -0.39 is 60.2 Å². The molecule has 32 heavy (non-hydrogen) atoms. The molecule has 0 aromatic rings. The standard InChI is InChI=1S/C18H34N6O6S2/c1-32-7-5-11(22-15(26)10(20)9-31)16(27)24-13(8-14(21)25)17(28)23-12(18(29)30)4-2-3-6-19/h10-13,31H,2-9,19-20H2,1H3,(H2,21,25)(H,22,26)(H,23,28)(H,24,27)(H,29,30). The van der Waals surface area contributed by atoms with Crippen LogP contribution in [0.1, 0.15) is 32.1 Å². The van der Waals surface area contributed by atoms with E-state index in [0.717, 1.165) is 0 Å². The van der Waals surface area contributed by atoms with Gasteiger partial charge in [0, 0.05) is 5.75 Å². The number of thioether (sulfide) groups is 1. The van der Waals surface area contributed by atoms with Crippen LogP contribution >= 0.6 is 24.4 Å². The smallest absolute Gasteiger partial charge is 0.326 e. The quantitative estimate of drug-likeness (QED) is 0.0792. The average Bonchev–Trinajstić information content (AvgIpc) is 2.73. The molecular formula is C18H34N6O6S2. The third-order valence-electron chi connectivity index (χ3n) is 4.38. The van der Waals surface area contributed by atoms with Crippen LogP contribution in [0.3, 0.4) is 0 Å². The molecule has 0 heterocycles. The minimum atomic E-state index is -1.41. The largest absolute Gasteiger partial charge is 0.480 e. The molecule has 4 unspecified atom stereocenters. The number of rotatable bonds is 17. The molecule has 0 aliphatic carbocycles. The molecule has 0 fully saturated rings. The van der Waals surface area contributed by atoms with E-state index >= 15 is 0 Å². The lowest BCUT2D eigenvalue weighted by atomic mass is 10.1. The first-order valence-corrected chi connectivity index (χ1v) is 12.1. The molecule has 0 aliphatic rings. The Balaban J connectivity index is 5.37. The first kappa shape index (κ1) is 30.0. The highest BCUT2D eigenvalue weighted by molar-refractivity contribution is 7.98. The van der Waals surface area contributed by atoms with Crippen LogP contribution in [0.15, 0.2) is 0 Å². The minimum absolute atomic E-state index is 0.0656. The Bertz CT molecular complexity index is 653. The molecule has 0 rings (SSSR count). The molecule has 0 bridgehead atoms. The Hall–Kier alpha value is -2.03. The van der Waals surface area contributed by atoms with Crippen molar-refractivity contribution in [2.75, 3.05) is 24.3 Å². The van der Waals surface area contributed by atoms with Gasteiger partial charge in [-0.1, -0.05) is 0 Å². The molecule has 4 atom stereocenters. The first-order valence-electron chi connectivity index (χ1n) is 10.0. The summed E-state index contributed by atoms with van der Waals surface area (Å²) in [6.45, 7) is 0.376. The summed E-state index contributed by atoms with van der Waals surface area (Å²) in [5.74, 6) is -3.75. The second-order valence-corrected chi connectivity index (χ2v) is 8.40.